The average Bonchev–Trinajstić information content (AvgIpc) is 2.65. The van der Waals surface area contributed by atoms with E-state index in [1.54, 1.807) is 11.3 Å². The summed E-state index contributed by atoms with van der Waals surface area (Å²) in [5, 5.41) is 1.24. The molecule has 0 aliphatic carbocycles. The Morgan fingerprint density at radius 1 is 1.11 bits per heavy atom. The van der Waals surface area contributed by atoms with Crippen LogP contribution < -0.4 is 0 Å². The van der Waals surface area contributed by atoms with Gasteiger partial charge in [-0.3, -0.25) is 0 Å². The van der Waals surface area contributed by atoms with Gasteiger partial charge in [0.1, 0.15) is 0 Å². The molecule has 2 aromatic heterocycles. The molecule has 0 bridgehead atoms. The molecule has 0 spiro atoms. The fraction of sp³-hybridized carbons (Fsp3) is 0.286. The molecule has 92 valence electrons. The van der Waals surface area contributed by atoms with E-state index in [2.05, 4.69) is 77.6 Å². The van der Waals surface area contributed by atoms with Crippen molar-refractivity contribution in [1.29, 1.82) is 0 Å². The summed E-state index contributed by atoms with van der Waals surface area (Å²) in [4.78, 5) is 9.28. The summed E-state index contributed by atoms with van der Waals surface area (Å²) in [5.41, 5.74) is 2.29. The maximum atomic E-state index is 4.65. The molecule has 3 rings (SSSR count). The van der Waals surface area contributed by atoms with Gasteiger partial charge in [-0.15, -0.1) is 11.3 Å². The molecular weight excluding hydrogens is 355 g/mol. The van der Waals surface area contributed by atoms with Gasteiger partial charge < -0.3 is 0 Å². The molecule has 2 nitrogen and oxygen atoms in total. The third-order valence-corrected chi connectivity index (χ3v) is 4.55. The maximum absolute atomic E-state index is 4.65. The minimum atomic E-state index is 0.0436. The first-order valence-electron chi connectivity index (χ1n) is 5.82. The number of benzene rings is 1. The lowest BCUT2D eigenvalue weighted by Crippen LogP contribution is -2.14. The van der Waals surface area contributed by atoms with Crippen LogP contribution >= 0.6 is 33.9 Å². The third kappa shape index (κ3) is 1.91. The summed E-state index contributed by atoms with van der Waals surface area (Å²) >= 11 is 4.00. The van der Waals surface area contributed by atoms with Crippen LogP contribution in [0.25, 0.3) is 20.3 Å². The standard InChI is InChI=1S/C14H13IN2S/c1-14(2,3)12-11-10(16-13(15)17-12)8-6-4-5-7-9(8)18-11/h4-7H,1-3H3. The van der Waals surface area contributed by atoms with Crippen molar-refractivity contribution < 1.29 is 0 Å². The van der Waals surface area contributed by atoms with Crippen LogP contribution in [0.5, 0.6) is 0 Å². The van der Waals surface area contributed by atoms with Gasteiger partial charge in [0.2, 0.25) is 0 Å². The number of halogens is 1. The lowest BCUT2D eigenvalue weighted by Gasteiger charge is -2.18. The fourth-order valence-electron chi connectivity index (χ4n) is 2.07. The molecule has 3 aromatic rings. The Kier molecular flexibility index (Phi) is 2.82. The Bertz CT molecular complexity index is 740. The van der Waals surface area contributed by atoms with Crippen LogP contribution in [0.3, 0.4) is 0 Å². The average molecular weight is 368 g/mol. The van der Waals surface area contributed by atoms with Crippen LogP contribution in [0.15, 0.2) is 24.3 Å². The van der Waals surface area contributed by atoms with Gasteiger partial charge in [-0.25, -0.2) is 9.97 Å². The van der Waals surface area contributed by atoms with Crippen molar-refractivity contribution in [2.24, 2.45) is 0 Å². The molecule has 0 aliphatic heterocycles. The topological polar surface area (TPSA) is 25.8 Å². The summed E-state index contributed by atoms with van der Waals surface area (Å²) in [6, 6.07) is 8.44. The van der Waals surface area contributed by atoms with Gasteiger partial charge in [0, 0.05) is 38.1 Å². The first kappa shape index (κ1) is 12.3. The Morgan fingerprint density at radius 3 is 2.56 bits per heavy atom. The zero-order valence-electron chi connectivity index (χ0n) is 10.5. The second-order valence-corrected chi connectivity index (χ2v) is 7.38. The molecule has 0 radical (unpaired) electrons. The van der Waals surface area contributed by atoms with Crippen molar-refractivity contribution in [1.82, 2.24) is 9.97 Å². The van der Waals surface area contributed by atoms with Crippen molar-refractivity contribution >= 4 is 54.2 Å². The SMILES string of the molecule is CC(C)(C)c1nc(I)nc2c1sc1ccccc12. The number of hydrogen-bond acceptors (Lipinski definition) is 3. The minimum absolute atomic E-state index is 0.0436. The highest BCUT2D eigenvalue weighted by Gasteiger charge is 2.22. The molecule has 1 aromatic carbocycles. The van der Waals surface area contributed by atoms with E-state index in [0.717, 1.165) is 15.0 Å². The zero-order chi connectivity index (χ0) is 12.9. The van der Waals surface area contributed by atoms with E-state index in [1.807, 2.05) is 0 Å². The molecule has 0 atom stereocenters. The number of thiophene rings is 1. The number of rotatable bonds is 0. The van der Waals surface area contributed by atoms with E-state index in [9.17, 15) is 0 Å². The summed E-state index contributed by atoms with van der Waals surface area (Å²) in [5.74, 6) is 0. The van der Waals surface area contributed by atoms with Crippen molar-refractivity contribution in [2.75, 3.05) is 0 Å². The molecule has 0 saturated heterocycles. The van der Waals surface area contributed by atoms with Crippen LogP contribution in [-0.4, -0.2) is 9.97 Å². The van der Waals surface area contributed by atoms with Gasteiger partial charge in [-0.1, -0.05) is 39.0 Å². The van der Waals surface area contributed by atoms with Crippen LogP contribution in [0.1, 0.15) is 26.5 Å². The summed E-state index contributed by atoms with van der Waals surface area (Å²) in [6.07, 6.45) is 0. The summed E-state index contributed by atoms with van der Waals surface area (Å²) in [6.45, 7) is 6.61. The normalized spacial score (nSPS) is 12.4. The lowest BCUT2D eigenvalue weighted by atomic mass is 9.91. The molecule has 18 heavy (non-hydrogen) atoms. The Hall–Kier alpha value is -0.750. The first-order valence-corrected chi connectivity index (χ1v) is 7.71. The third-order valence-electron chi connectivity index (χ3n) is 2.90. The van der Waals surface area contributed by atoms with Gasteiger partial charge in [0.25, 0.3) is 0 Å². The van der Waals surface area contributed by atoms with Crippen LogP contribution in [0.2, 0.25) is 0 Å². The molecule has 4 heteroatoms. The molecule has 0 fully saturated rings. The highest BCUT2D eigenvalue weighted by atomic mass is 127. The Balaban J connectivity index is 2.51. The van der Waals surface area contributed by atoms with Gasteiger partial charge in [-0.05, 0) is 6.07 Å². The van der Waals surface area contributed by atoms with E-state index in [-0.39, 0.29) is 5.41 Å². The zero-order valence-corrected chi connectivity index (χ0v) is 13.5. The van der Waals surface area contributed by atoms with E-state index in [4.69, 9.17) is 0 Å². The van der Waals surface area contributed by atoms with Crippen molar-refractivity contribution in [3.63, 3.8) is 0 Å². The maximum Gasteiger partial charge on any atom is 0.191 e. The van der Waals surface area contributed by atoms with Gasteiger partial charge >= 0.3 is 0 Å². The van der Waals surface area contributed by atoms with Crippen molar-refractivity contribution in [3.05, 3.63) is 33.8 Å². The smallest absolute Gasteiger partial charge is 0.191 e. The predicted molar refractivity (Wildman–Crippen MR) is 86.3 cm³/mol. The largest absolute Gasteiger partial charge is 0.226 e. The van der Waals surface area contributed by atoms with Crippen LogP contribution in [0.4, 0.5) is 0 Å². The highest BCUT2D eigenvalue weighted by Crippen LogP contribution is 2.38. The summed E-state index contributed by atoms with van der Waals surface area (Å²) in [7, 11) is 0. The number of fused-ring (bicyclic) bond motifs is 3. The molecule has 0 unspecified atom stereocenters. The van der Waals surface area contributed by atoms with Crippen molar-refractivity contribution in [2.45, 2.75) is 26.2 Å². The van der Waals surface area contributed by atoms with Crippen LogP contribution in [-0.2, 0) is 5.41 Å². The van der Waals surface area contributed by atoms with E-state index < -0.39 is 0 Å². The molecule has 2 heterocycles. The first-order chi connectivity index (χ1) is 8.47. The summed E-state index contributed by atoms with van der Waals surface area (Å²) < 4.78 is 3.34. The monoisotopic (exact) mass is 368 g/mol. The van der Waals surface area contributed by atoms with E-state index in [0.29, 0.717) is 0 Å². The van der Waals surface area contributed by atoms with E-state index in [1.165, 1.54) is 14.8 Å². The number of aromatic nitrogens is 2. The second kappa shape index (κ2) is 4.13. The van der Waals surface area contributed by atoms with Gasteiger partial charge in [0.05, 0.1) is 15.9 Å². The van der Waals surface area contributed by atoms with E-state index >= 15 is 0 Å². The Morgan fingerprint density at radius 2 is 1.83 bits per heavy atom. The predicted octanol–water partition coefficient (Wildman–Crippen LogP) is 4.75. The highest BCUT2D eigenvalue weighted by molar-refractivity contribution is 14.1. The van der Waals surface area contributed by atoms with Gasteiger partial charge in [0.15, 0.2) is 3.83 Å². The molecule has 0 N–H and O–H groups in total. The number of nitrogens with zero attached hydrogens (tertiary/aromatic N) is 2. The molecule has 0 saturated carbocycles. The fourth-order valence-corrected chi connectivity index (χ4v) is 3.90. The van der Waals surface area contributed by atoms with Gasteiger partial charge in [-0.2, -0.15) is 0 Å². The number of hydrogen-bond donors (Lipinski definition) is 0. The molecular formula is C14H13IN2S. The molecule has 0 aliphatic rings. The molecule has 0 amide bonds. The second-order valence-electron chi connectivity index (χ2n) is 5.37. The lowest BCUT2D eigenvalue weighted by molar-refractivity contribution is 0.573. The van der Waals surface area contributed by atoms with Crippen LogP contribution in [0, 0.1) is 3.83 Å². The minimum Gasteiger partial charge on any atom is -0.226 e. The quantitative estimate of drug-likeness (QED) is 0.423. The van der Waals surface area contributed by atoms with Crippen molar-refractivity contribution in [3.8, 4) is 0 Å². The Labute approximate surface area is 124 Å².